The molecule has 0 radical (unpaired) electrons. The number of hydrogen-bond acceptors (Lipinski definition) is 5. The van der Waals surface area contributed by atoms with Crippen molar-refractivity contribution < 1.29 is 9.18 Å². The van der Waals surface area contributed by atoms with Gasteiger partial charge in [0.15, 0.2) is 10.9 Å². The van der Waals surface area contributed by atoms with Gasteiger partial charge in [-0.2, -0.15) is 5.26 Å². The van der Waals surface area contributed by atoms with Gasteiger partial charge < -0.3 is 20.5 Å². The smallest absolute Gasteiger partial charge is 0.173 e. The zero-order chi connectivity index (χ0) is 28.6. The van der Waals surface area contributed by atoms with Gasteiger partial charge in [0, 0.05) is 37.9 Å². The Hall–Kier alpha value is -3.81. The van der Waals surface area contributed by atoms with Crippen LogP contribution in [-0.2, 0) is 24.3 Å². The summed E-state index contributed by atoms with van der Waals surface area (Å²) in [5.74, 6) is -0.695. The molecule has 11 heteroatoms. The fraction of sp³-hybridized carbons (Fsp3) is 0.172. The van der Waals surface area contributed by atoms with Crippen LogP contribution >= 0.6 is 35.4 Å². The van der Waals surface area contributed by atoms with Crippen molar-refractivity contribution in [1.29, 1.82) is 5.26 Å². The fourth-order valence-corrected chi connectivity index (χ4v) is 4.65. The highest BCUT2D eigenvalue weighted by molar-refractivity contribution is 7.80. The third-order valence-electron chi connectivity index (χ3n) is 6.22. The van der Waals surface area contributed by atoms with Gasteiger partial charge in [0.2, 0.25) is 0 Å². The van der Waals surface area contributed by atoms with E-state index >= 15 is 0 Å². The third kappa shape index (κ3) is 7.43. The van der Waals surface area contributed by atoms with Gasteiger partial charge in [-0.3, -0.25) is 4.79 Å². The number of anilines is 1. The summed E-state index contributed by atoms with van der Waals surface area (Å²) >= 11 is 18.2. The summed E-state index contributed by atoms with van der Waals surface area (Å²) in [6.45, 7) is 0.725. The van der Waals surface area contributed by atoms with Crippen molar-refractivity contribution >= 4 is 52.0 Å². The molecule has 0 aliphatic heterocycles. The molecule has 0 bridgehead atoms. The molecule has 3 N–H and O–H groups in total. The van der Waals surface area contributed by atoms with Crippen molar-refractivity contribution in [3.05, 3.63) is 118 Å². The molecule has 4 aromatic rings. The number of rotatable bonds is 10. The molecule has 0 amide bonds. The largest absolute Gasteiger partial charge is 0.343 e. The van der Waals surface area contributed by atoms with E-state index in [4.69, 9.17) is 46.4 Å². The topological polar surface area (TPSA) is 100.0 Å². The molecule has 0 aliphatic carbocycles. The summed E-state index contributed by atoms with van der Waals surface area (Å²) in [5, 5.41) is 12.8. The van der Waals surface area contributed by atoms with Crippen LogP contribution in [0.2, 0.25) is 10.0 Å². The molecule has 0 saturated heterocycles. The molecule has 0 spiro atoms. The van der Waals surface area contributed by atoms with Crippen molar-refractivity contribution in [2.45, 2.75) is 25.6 Å². The third-order valence-corrected chi connectivity index (χ3v) is 7.43. The van der Waals surface area contributed by atoms with Crippen molar-refractivity contribution in [3.8, 4) is 6.07 Å². The van der Waals surface area contributed by atoms with Crippen molar-refractivity contribution in [2.75, 3.05) is 11.9 Å². The zero-order valence-electron chi connectivity index (χ0n) is 21.2. The summed E-state index contributed by atoms with van der Waals surface area (Å²) < 4.78 is 16.2. The maximum atomic E-state index is 14.3. The number of nitrogens with two attached hydrogens (primary N) is 1. The average Bonchev–Trinajstić information content (AvgIpc) is 3.38. The predicted octanol–water partition coefficient (Wildman–Crippen LogP) is 5.59. The predicted molar refractivity (Wildman–Crippen MR) is 159 cm³/mol. The number of ketones is 1. The quantitative estimate of drug-likeness (QED) is 0.231. The van der Waals surface area contributed by atoms with Crippen molar-refractivity contribution in [3.63, 3.8) is 0 Å². The molecule has 1 unspecified atom stereocenters. The lowest BCUT2D eigenvalue weighted by Crippen LogP contribution is -2.47. The maximum absolute atomic E-state index is 14.3. The molecule has 1 heterocycles. The summed E-state index contributed by atoms with van der Waals surface area (Å²) in [7, 11) is 0. The first-order valence-corrected chi connectivity index (χ1v) is 13.4. The molecular formula is C29H25Cl2FN6OS. The van der Waals surface area contributed by atoms with Crippen molar-refractivity contribution in [1.82, 2.24) is 14.5 Å². The Kier molecular flexibility index (Phi) is 9.85. The molecular weight excluding hydrogens is 570 g/mol. The van der Waals surface area contributed by atoms with E-state index in [1.807, 2.05) is 16.7 Å². The van der Waals surface area contributed by atoms with Crippen LogP contribution in [0.25, 0.3) is 0 Å². The number of imidazole rings is 1. The summed E-state index contributed by atoms with van der Waals surface area (Å²) in [6.07, 6.45) is 3.33. The monoisotopic (exact) mass is 594 g/mol. The normalized spacial score (nSPS) is 11.5. The second kappa shape index (κ2) is 13.5. The van der Waals surface area contributed by atoms with E-state index in [0.29, 0.717) is 33.4 Å². The first kappa shape index (κ1) is 29.2. The van der Waals surface area contributed by atoms with Gasteiger partial charge >= 0.3 is 0 Å². The van der Waals surface area contributed by atoms with Gasteiger partial charge in [-0.1, -0.05) is 59.6 Å². The number of para-hydroxylation sites is 1. The molecule has 204 valence electrons. The Morgan fingerprint density at radius 2 is 1.90 bits per heavy atom. The summed E-state index contributed by atoms with van der Waals surface area (Å²) in [6, 6.07) is 19.7. The highest BCUT2D eigenvalue weighted by Gasteiger charge is 2.23. The van der Waals surface area contributed by atoms with Crippen molar-refractivity contribution in [2.24, 2.45) is 5.73 Å². The number of halogens is 3. The maximum Gasteiger partial charge on any atom is 0.173 e. The molecule has 1 aromatic heterocycles. The molecule has 3 aromatic carbocycles. The van der Waals surface area contributed by atoms with E-state index in [9.17, 15) is 9.18 Å². The van der Waals surface area contributed by atoms with Crippen LogP contribution in [0.15, 0.2) is 79.3 Å². The van der Waals surface area contributed by atoms with Gasteiger partial charge in [0.1, 0.15) is 5.82 Å². The number of benzene rings is 3. The first-order valence-electron chi connectivity index (χ1n) is 12.2. The van der Waals surface area contributed by atoms with Crippen LogP contribution in [0.1, 0.15) is 22.4 Å². The van der Waals surface area contributed by atoms with Gasteiger partial charge in [-0.15, -0.1) is 0 Å². The SMILES string of the molecule is N#Cc1ccc(Cn2cncc2CC(=O)C(N)CN(Cc2cccc(Cl)c2Cl)C(=S)Nc2ccccc2F)cc1. The second-order valence-corrected chi connectivity index (χ2v) is 10.2. The fourth-order valence-electron chi connectivity index (χ4n) is 4.02. The van der Waals surface area contributed by atoms with Crippen LogP contribution in [0, 0.1) is 17.1 Å². The summed E-state index contributed by atoms with van der Waals surface area (Å²) in [5.41, 5.74) is 9.48. The number of nitrogens with one attached hydrogen (secondary N) is 1. The lowest BCUT2D eigenvalue weighted by atomic mass is 10.1. The zero-order valence-corrected chi connectivity index (χ0v) is 23.6. The van der Waals surface area contributed by atoms with Crippen LogP contribution in [0.4, 0.5) is 10.1 Å². The Bertz CT molecular complexity index is 1550. The van der Waals surface area contributed by atoms with E-state index in [1.54, 1.807) is 66.0 Å². The molecule has 0 aliphatic rings. The second-order valence-electron chi connectivity index (χ2n) is 9.07. The molecule has 0 saturated carbocycles. The minimum absolute atomic E-state index is 0.0473. The number of thiocarbonyl (C=S) groups is 1. The highest BCUT2D eigenvalue weighted by atomic mass is 35.5. The number of carbonyl (C=O) groups is 1. The van der Waals surface area contributed by atoms with Gasteiger partial charge in [0.05, 0.1) is 39.7 Å². The average molecular weight is 596 g/mol. The van der Waals surface area contributed by atoms with Crippen LogP contribution in [-0.4, -0.2) is 37.9 Å². The molecule has 7 nitrogen and oxygen atoms in total. The number of nitrogens with zero attached hydrogens (tertiary/aromatic N) is 4. The number of nitriles is 1. The minimum atomic E-state index is -0.920. The highest BCUT2D eigenvalue weighted by Crippen LogP contribution is 2.27. The van der Waals surface area contributed by atoms with E-state index < -0.39 is 11.9 Å². The van der Waals surface area contributed by atoms with E-state index in [1.165, 1.54) is 6.07 Å². The number of Topliss-reactive ketones (excluding diaryl/α,β-unsaturated/α-hetero) is 1. The number of carbonyl (C=O) groups excluding carboxylic acids is 1. The van der Waals surface area contributed by atoms with Gasteiger partial charge in [-0.05, 0) is 53.7 Å². The Balaban J connectivity index is 1.48. The Labute approximate surface area is 246 Å². The first-order chi connectivity index (χ1) is 19.2. The Morgan fingerprint density at radius 1 is 1.15 bits per heavy atom. The van der Waals surface area contributed by atoms with E-state index in [-0.39, 0.29) is 36.1 Å². The van der Waals surface area contributed by atoms with Crippen LogP contribution in [0.5, 0.6) is 0 Å². The van der Waals surface area contributed by atoms with E-state index in [2.05, 4.69) is 16.4 Å². The van der Waals surface area contributed by atoms with E-state index in [0.717, 1.165) is 5.56 Å². The molecule has 4 rings (SSSR count). The molecule has 1 atom stereocenters. The standard InChI is InChI=1S/C29H25Cl2FN6OS/c30-23-5-3-4-21(28(23)31)16-37(29(40)36-26-7-2-1-6-24(26)32)17-25(34)27(39)12-22-14-35-18-38(22)15-20-10-8-19(13-33)9-11-20/h1-11,14,18,25H,12,15-17,34H2,(H,36,40). The van der Waals surface area contributed by atoms with Crippen LogP contribution < -0.4 is 11.1 Å². The lowest BCUT2D eigenvalue weighted by Gasteiger charge is -2.29. The Morgan fingerprint density at radius 3 is 2.62 bits per heavy atom. The summed E-state index contributed by atoms with van der Waals surface area (Å²) in [4.78, 5) is 19.1. The van der Waals surface area contributed by atoms with Crippen LogP contribution in [0.3, 0.4) is 0 Å². The molecule has 0 fully saturated rings. The lowest BCUT2D eigenvalue weighted by molar-refractivity contribution is -0.120. The minimum Gasteiger partial charge on any atom is -0.343 e. The molecule has 40 heavy (non-hydrogen) atoms. The van der Waals surface area contributed by atoms with Gasteiger partial charge in [0.25, 0.3) is 0 Å². The number of aromatic nitrogens is 2. The number of hydrogen-bond donors (Lipinski definition) is 2. The van der Waals surface area contributed by atoms with Gasteiger partial charge in [-0.25, -0.2) is 9.37 Å².